The number of hydrogen-bond acceptors (Lipinski definition) is 4. The molecule has 2 aliphatic rings. The molecule has 2 saturated heterocycles. The molecule has 6 heteroatoms. The minimum atomic E-state index is -0.452. The number of aliphatic hydroxyl groups excluding tert-OH is 1. The second-order valence-electron chi connectivity index (χ2n) is 7.28. The molecule has 0 aliphatic carbocycles. The number of carbonyl (C=O) groups is 1. The predicted octanol–water partition coefficient (Wildman–Crippen LogP) is 2.08. The fourth-order valence-corrected chi connectivity index (χ4v) is 3.99. The van der Waals surface area contributed by atoms with Crippen LogP contribution in [0.25, 0.3) is 0 Å². The van der Waals surface area contributed by atoms with Crippen molar-refractivity contribution >= 4 is 5.91 Å². The smallest absolute Gasteiger partial charge is 0.257 e. The standard InChI is InChI=1S/C20H25N3O3/c24-18-7-4-12-26-20(18)8-10-22(11-9-20)19(25)17-13-21-23(15-17)14-16-5-2-1-3-6-16/h1-3,5-6,13,15,18,24H,4,7-12,14H2/t18-/m1/s1. The lowest BCUT2D eigenvalue weighted by atomic mass is 9.82. The Morgan fingerprint density at radius 2 is 2.04 bits per heavy atom. The fourth-order valence-electron chi connectivity index (χ4n) is 3.99. The maximum atomic E-state index is 12.8. The summed E-state index contributed by atoms with van der Waals surface area (Å²) < 4.78 is 7.71. The molecule has 4 rings (SSSR count). The van der Waals surface area contributed by atoms with Gasteiger partial charge in [0.2, 0.25) is 0 Å². The first-order valence-corrected chi connectivity index (χ1v) is 9.34. The highest BCUT2D eigenvalue weighted by atomic mass is 16.5. The van der Waals surface area contributed by atoms with Crippen molar-refractivity contribution in [3.8, 4) is 0 Å². The zero-order valence-corrected chi connectivity index (χ0v) is 14.9. The Labute approximate surface area is 153 Å². The Morgan fingerprint density at radius 3 is 2.77 bits per heavy atom. The first-order chi connectivity index (χ1) is 12.7. The van der Waals surface area contributed by atoms with Gasteiger partial charge in [-0.05, 0) is 31.2 Å². The van der Waals surface area contributed by atoms with Crippen LogP contribution < -0.4 is 0 Å². The van der Waals surface area contributed by atoms with E-state index in [0.717, 1.165) is 18.4 Å². The molecule has 1 aromatic carbocycles. The molecule has 26 heavy (non-hydrogen) atoms. The van der Waals surface area contributed by atoms with E-state index in [2.05, 4.69) is 5.10 Å². The molecule has 0 bridgehead atoms. The number of carbonyl (C=O) groups excluding carboxylic acids is 1. The van der Waals surface area contributed by atoms with Crippen molar-refractivity contribution in [2.45, 2.75) is 43.9 Å². The van der Waals surface area contributed by atoms with Crippen LogP contribution in [0.1, 0.15) is 41.6 Å². The summed E-state index contributed by atoms with van der Waals surface area (Å²) in [5.41, 5.74) is 1.31. The Morgan fingerprint density at radius 1 is 1.27 bits per heavy atom. The molecule has 1 amide bonds. The molecule has 1 aromatic heterocycles. The summed E-state index contributed by atoms with van der Waals surface area (Å²) in [6, 6.07) is 10.1. The first kappa shape index (κ1) is 17.2. The normalized spacial score (nSPS) is 22.5. The lowest BCUT2D eigenvalue weighted by molar-refractivity contribution is -0.174. The third kappa shape index (κ3) is 3.39. The molecule has 3 heterocycles. The first-order valence-electron chi connectivity index (χ1n) is 9.34. The summed E-state index contributed by atoms with van der Waals surface area (Å²) in [7, 11) is 0. The number of aliphatic hydroxyl groups is 1. The summed E-state index contributed by atoms with van der Waals surface area (Å²) in [4.78, 5) is 14.6. The van der Waals surface area contributed by atoms with Gasteiger partial charge in [-0.2, -0.15) is 5.10 Å². The molecular formula is C20H25N3O3. The molecule has 138 valence electrons. The van der Waals surface area contributed by atoms with Gasteiger partial charge in [0.15, 0.2) is 0 Å². The van der Waals surface area contributed by atoms with Crippen molar-refractivity contribution < 1.29 is 14.6 Å². The number of rotatable bonds is 3. The van der Waals surface area contributed by atoms with Crippen molar-refractivity contribution in [2.24, 2.45) is 0 Å². The molecule has 2 aliphatic heterocycles. The topological polar surface area (TPSA) is 67.6 Å². The minimum Gasteiger partial charge on any atom is -0.390 e. The number of piperidine rings is 1. The molecule has 0 saturated carbocycles. The number of hydrogen-bond donors (Lipinski definition) is 1. The van der Waals surface area contributed by atoms with E-state index in [1.807, 2.05) is 41.4 Å². The lowest BCUT2D eigenvalue weighted by Crippen LogP contribution is -2.56. The Balaban J connectivity index is 1.38. The van der Waals surface area contributed by atoms with Crippen molar-refractivity contribution in [2.75, 3.05) is 19.7 Å². The van der Waals surface area contributed by atoms with Crippen LogP contribution in [0.15, 0.2) is 42.7 Å². The molecule has 0 radical (unpaired) electrons. The van der Waals surface area contributed by atoms with Gasteiger partial charge >= 0.3 is 0 Å². The SMILES string of the molecule is O=C(c1cnn(Cc2ccccc2)c1)N1CCC2(CC1)OCCC[C@H]2O. The molecule has 1 N–H and O–H groups in total. The van der Waals surface area contributed by atoms with Crippen molar-refractivity contribution in [3.63, 3.8) is 0 Å². The second-order valence-corrected chi connectivity index (χ2v) is 7.28. The van der Waals surface area contributed by atoms with E-state index < -0.39 is 11.7 Å². The van der Waals surface area contributed by atoms with Gasteiger partial charge in [-0.25, -0.2) is 0 Å². The predicted molar refractivity (Wildman–Crippen MR) is 96.8 cm³/mol. The van der Waals surface area contributed by atoms with E-state index in [1.54, 1.807) is 10.9 Å². The Bertz CT molecular complexity index is 751. The van der Waals surface area contributed by atoms with Gasteiger partial charge in [-0.3, -0.25) is 9.48 Å². The van der Waals surface area contributed by atoms with Crippen molar-refractivity contribution in [1.82, 2.24) is 14.7 Å². The van der Waals surface area contributed by atoms with E-state index >= 15 is 0 Å². The summed E-state index contributed by atoms with van der Waals surface area (Å²) in [5.74, 6) is 0.00413. The fraction of sp³-hybridized carbons (Fsp3) is 0.500. The highest BCUT2D eigenvalue weighted by Crippen LogP contribution is 2.35. The summed E-state index contributed by atoms with van der Waals surface area (Å²) >= 11 is 0. The molecular weight excluding hydrogens is 330 g/mol. The highest BCUT2D eigenvalue weighted by molar-refractivity contribution is 5.93. The second kappa shape index (κ2) is 7.21. The molecule has 1 spiro atoms. The lowest BCUT2D eigenvalue weighted by Gasteiger charge is -2.46. The van der Waals surface area contributed by atoms with E-state index in [1.165, 1.54) is 0 Å². The Hall–Kier alpha value is -2.18. The van der Waals surface area contributed by atoms with Crippen LogP contribution in [-0.2, 0) is 11.3 Å². The van der Waals surface area contributed by atoms with Gasteiger partial charge in [0, 0.05) is 25.9 Å². The van der Waals surface area contributed by atoms with Crippen LogP contribution in [0.3, 0.4) is 0 Å². The van der Waals surface area contributed by atoms with E-state index in [4.69, 9.17) is 4.74 Å². The summed E-state index contributed by atoms with van der Waals surface area (Å²) in [6.45, 7) is 2.58. The zero-order valence-electron chi connectivity index (χ0n) is 14.9. The van der Waals surface area contributed by atoms with Crippen LogP contribution in [0.5, 0.6) is 0 Å². The van der Waals surface area contributed by atoms with E-state index in [9.17, 15) is 9.90 Å². The number of amides is 1. The third-order valence-corrected chi connectivity index (χ3v) is 5.58. The zero-order chi connectivity index (χ0) is 18.0. The van der Waals surface area contributed by atoms with Gasteiger partial charge < -0.3 is 14.7 Å². The van der Waals surface area contributed by atoms with E-state index in [0.29, 0.717) is 44.6 Å². The summed E-state index contributed by atoms with van der Waals surface area (Å²) in [5, 5.41) is 14.7. The van der Waals surface area contributed by atoms with Gasteiger partial charge in [0.25, 0.3) is 5.91 Å². The largest absolute Gasteiger partial charge is 0.390 e. The number of aromatic nitrogens is 2. The van der Waals surface area contributed by atoms with E-state index in [-0.39, 0.29) is 5.91 Å². The highest BCUT2D eigenvalue weighted by Gasteiger charge is 2.44. The maximum Gasteiger partial charge on any atom is 0.257 e. The van der Waals surface area contributed by atoms with Crippen LogP contribution in [0, 0.1) is 0 Å². The van der Waals surface area contributed by atoms with Crippen LogP contribution >= 0.6 is 0 Å². The Kier molecular flexibility index (Phi) is 4.78. The number of nitrogens with zero attached hydrogens (tertiary/aromatic N) is 3. The third-order valence-electron chi connectivity index (χ3n) is 5.58. The molecule has 2 fully saturated rings. The van der Waals surface area contributed by atoms with Gasteiger partial charge in [0.1, 0.15) is 0 Å². The molecule has 6 nitrogen and oxygen atoms in total. The number of likely N-dealkylation sites (tertiary alicyclic amines) is 1. The van der Waals surface area contributed by atoms with Crippen LogP contribution in [-0.4, -0.2) is 57.1 Å². The van der Waals surface area contributed by atoms with Crippen molar-refractivity contribution in [3.05, 3.63) is 53.9 Å². The van der Waals surface area contributed by atoms with Gasteiger partial charge in [0.05, 0.1) is 30.0 Å². The van der Waals surface area contributed by atoms with Gasteiger partial charge in [-0.1, -0.05) is 30.3 Å². The minimum absolute atomic E-state index is 0.00413. The summed E-state index contributed by atoms with van der Waals surface area (Å²) in [6.07, 6.45) is 6.12. The molecule has 2 aromatic rings. The maximum absolute atomic E-state index is 12.8. The monoisotopic (exact) mass is 355 g/mol. The van der Waals surface area contributed by atoms with Crippen LogP contribution in [0.4, 0.5) is 0 Å². The molecule has 0 unspecified atom stereocenters. The number of ether oxygens (including phenoxy) is 1. The van der Waals surface area contributed by atoms with Crippen LogP contribution in [0.2, 0.25) is 0 Å². The molecule has 1 atom stereocenters. The quantitative estimate of drug-likeness (QED) is 0.915. The average Bonchev–Trinajstić information content (AvgIpc) is 3.14. The average molecular weight is 355 g/mol. The number of benzene rings is 1. The van der Waals surface area contributed by atoms with Gasteiger partial charge in [-0.15, -0.1) is 0 Å². The van der Waals surface area contributed by atoms with Crippen molar-refractivity contribution in [1.29, 1.82) is 0 Å².